The van der Waals surface area contributed by atoms with Crippen LogP contribution in [-0.2, 0) is 24.5 Å². The molecule has 2 aromatic carbocycles. The molecule has 4 nitrogen and oxygen atoms in total. The van der Waals surface area contributed by atoms with Gasteiger partial charge in [-0.05, 0) is 54.7 Å². The average Bonchev–Trinajstić information content (AvgIpc) is 3.12. The number of aromatic nitrogens is 2. The van der Waals surface area contributed by atoms with E-state index in [4.69, 9.17) is 39.5 Å². The van der Waals surface area contributed by atoms with Gasteiger partial charge in [0.1, 0.15) is 0 Å². The van der Waals surface area contributed by atoms with Gasteiger partial charge < -0.3 is 4.74 Å². The zero-order valence-electron chi connectivity index (χ0n) is 18.0. The van der Waals surface area contributed by atoms with Gasteiger partial charge in [-0.1, -0.05) is 60.8 Å². The summed E-state index contributed by atoms with van der Waals surface area (Å²) in [6.45, 7) is 9.21. The van der Waals surface area contributed by atoms with Gasteiger partial charge in [-0.15, -0.1) is 0 Å². The lowest BCUT2D eigenvalue weighted by Gasteiger charge is -2.14. The van der Waals surface area contributed by atoms with Gasteiger partial charge in [-0.3, -0.25) is 9.48 Å². The van der Waals surface area contributed by atoms with Crippen molar-refractivity contribution in [2.24, 2.45) is 5.92 Å². The van der Waals surface area contributed by atoms with Crippen molar-refractivity contribution in [3.63, 3.8) is 0 Å². The molecule has 1 heterocycles. The molecule has 0 spiro atoms. The van der Waals surface area contributed by atoms with Gasteiger partial charge in [-0.25, -0.2) is 0 Å². The van der Waals surface area contributed by atoms with Crippen molar-refractivity contribution in [3.05, 3.63) is 85.1 Å². The van der Waals surface area contributed by atoms with E-state index in [1.807, 2.05) is 42.8 Å². The van der Waals surface area contributed by atoms with Crippen molar-refractivity contribution in [3.8, 4) is 0 Å². The number of ether oxygens (including phenoxy) is 1. The van der Waals surface area contributed by atoms with Crippen LogP contribution in [-0.4, -0.2) is 15.6 Å². The molecule has 7 heteroatoms. The molecule has 31 heavy (non-hydrogen) atoms. The number of aryl methyl sites for hydroxylation is 1. The Kier molecular flexibility index (Phi) is 7.82. The zero-order valence-corrected chi connectivity index (χ0v) is 20.3. The van der Waals surface area contributed by atoms with Crippen molar-refractivity contribution in [1.29, 1.82) is 0 Å². The number of benzene rings is 2. The van der Waals surface area contributed by atoms with Crippen LogP contribution in [0.1, 0.15) is 52.2 Å². The molecule has 0 aliphatic heterocycles. The SMILES string of the molecule is Cc1cc(C(=O)c2cnn(CC(C)C)c2COCc2ccc(Cl)cc2)c(Cl)c(C)c1Cl. The van der Waals surface area contributed by atoms with Crippen molar-refractivity contribution in [2.75, 3.05) is 0 Å². The Labute approximate surface area is 198 Å². The molecule has 3 aromatic rings. The maximum Gasteiger partial charge on any atom is 0.198 e. The van der Waals surface area contributed by atoms with Crippen LogP contribution >= 0.6 is 34.8 Å². The molecule has 0 atom stereocenters. The summed E-state index contributed by atoms with van der Waals surface area (Å²) in [5, 5.41) is 6.08. The fraction of sp³-hybridized carbons (Fsp3) is 0.333. The van der Waals surface area contributed by atoms with E-state index >= 15 is 0 Å². The molecule has 0 fully saturated rings. The van der Waals surface area contributed by atoms with Crippen LogP contribution in [0.25, 0.3) is 0 Å². The molecule has 0 bridgehead atoms. The smallest absolute Gasteiger partial charge is 0.198 e. The predicted octanol–water partition coefficient (Wildman–Crippen LogP) is 7.06. The normalized spacial score (nSPS) is 11.4. The number of rotatable bonds is 8. The number of nitrogens with zero attached hydrogens (tertiary/aromatic N) is 2. The molecule has 0 saturated heterocycles. The fourth-order valence-corrected chi connectivity index (χ4v) is 3.91. The van der Waals surface area contributed by atoms with Gasteiger partial charge >= 0.3 is 0 Å². The molecule has 0 N–H and O–H groups in total. The van der Waals surface area contributed by atoms with Crippen molar-refractivity contribution in [2.45, 2.75) is 47.5 Å². The highest BCUT2D eigenvalue weighted by atomic mass is 35.5. The maximum atomic E-state index is 13.4. The minimum atomic E-state index is -0.187. The lowest BCUT2D eigenvalue weighted by atomic mass is 9.99. The molecule has 0 aliphatic rings. The summed E-state index contributed by atoms with van der Waals surface area (Å²) in [7, 11) is 0. The maximum absolute atomic E-state index is 13.4. The lowest BCUT2D eigenvalue weighted by molar-refractivity contribution is 0.0959. The van der Waals surface area contributed by atoms with Crippen molar-refractivity contribution in [1.82, 2.24) is 9.78 Å². The first-order valence-corrected chi connectivity index (χ1v) is 11.2. The van der Waals surface area contributed by atoms with Crippen LogP contribution in [0, 0.1) is 19.8 Å². The van der Waals surface area contributed by atoms with Crippen LogP contribution in [0.4, 0.5) is 0 Å². The third-order valence-corrected chi connectivity index (χ3v) is 6.32. The summed E-state index contributed by atoms with van der Waals surface area (Å²) in [6, 6.07) is 9.21. The van der Waals surface area contributed by atoms with E-state index in [-0.39, 0.29) is 12.4 Å². The van der Waals surface area contributed by atoms with Crippen LogP contribution in [0.3, 0.4) is 0 Å². The Morgan fingerprint density at radius 2 is 1.71 bits per heavy atom. The fourth-order valence-electron chi connectivity index (χ4n) is 3.35. The summed E-state index contributed by atoms with van der Waals surface area (Å²) >= 11 is 18.7. The summed E-state index contributed by atoms with van der Waals surface area (Å²) in [5.74, 6) is 0.175. The van der Waals surface area contributed by atoms with E-state index in [0.29, 0.717) is 50.8 Å². The van der Waals surface area contributed by atoms with Crippen molar-refractivity contribution >= 4 is 40.6 Å². The average molecular weight is 480 g/mol. The second kappa shape index (κ2) is 10.2. The number of hydrogen-bond donors (Lipinski definition) is 0. The number of halogens is 3. The molecule has 0 amide bonds. The van der Waals surface area contributed by atoms with Gasteiger partial charge in [0.2, 0.25) is 0 Å². The second-order valence-electron chi connectivity index (χ2n) is 8.02. The van der Waals surface area contributed by atoms with Crippen LogP contribution in [0.5, 0.6) is 0 Å². The van der Waals surface area contributed by atoms with E-state index in [1.165, 1.54) is 0 Å². The first kappa shape index (κ1) is 23.8. The topological polar surface area (TPSA) is 44.1 Å². The Hall–Kier alpha value is -1.85. The number of ketones is 1. The van der Waals surface area contributed by atoms with Crippen LogP contribution < -0.4 is 0 Å². The third-order valence-electron chi connectivity index (χ3n) is 5.00. The number of hydrogen-bond acceptors (Lipinski definition) is 3. The van der Waals surface area contributed by atoms with E-state index in [1.54, 1.807) is 12.3 Å². The molecule has 0 radical (unpaired) electrons. The van der Waals surface area contributed by atoms with Gasteiger partial charge in [0.15, 0.2) is 5.78 Å². The molecule has 0 unspecified atom stereocenters. The summed E-state index contributed by atoms with van der Waals surface area (Å²) in [6.07, 6.45) is 1.60. The highest BCUT2D eigenvalue weighted by molar-refractivity contribution is 6.39. The molecule has 164 valence electrons. The first-order chi connectivity index (χ1) is 14.7. The minimum absolute atomic E-state index is 0.187. The monoisotopic (exact) mass is 478 g/mol. The predicted molar refractivity (Wildman–Crippen MR) is 126 cm³/mol. The quantitative estimate of drug-likeness (QED) is 0.325. The molecule has 3 rings (SSSR count). The summed E-state index contributed by atoms with van der Waals surface area (Å²) < 4.78 is 7.78. The van der Waals surface area contributed by atoms with Crippen LogP contribution in [0.15, 0.2) is 36.5 Å². The van der Waals surface area contributed by atoms with E-state index in [9.17, 15) is 4.79 Å². The zero-order chi connectivity index (χ0) is 22.7. The molecular formula is C24H25Cl3N2O2. The molecule has 1 aromatic heterocycles. The highest BCUT2D eigenvalue weighted by Crippen LogP contribution is 2.32. The van der Waals surface area contributed by atoms with Crippen molar-refractivity contribution < 1.29 is 9.53 Å². The minimum Gasteiger partial charge on any atom is -0.370 e. The van der Waals surface area contributed by atoms with Gasteiger partial charge in [0.05, 0.1) is 35.7 Å². The van der Waals surface area contributed by atoms with Gasteiger partial charge in [0, 0.05) is 22.2 Å². The van der Waals surface area contributed by atoms with E-state index in [0.717, 1.165) is 16.8 Å². The Morgan fingerprint density at radius 3 is 2.35 bits per heavy atom. The second-order valence-corrected chi connectivity index (χ2v) is 9.22. The Morgan fingerprint density at radius 1 is 1.03 bits per heavy atom. The molecule has 0 saturated carbocycles. The van der Waals surface area contributed by atoms with Gasteiger partial charge in [-0.2, -0.15) is 5.10 Å². The molecular weight excluding hydrogens is 455 g/mol. The van der Waals surface area contributed by atoms with E-state index < -0.39 is 0 Å². The Bertz CT molecular complexity index is 1090. The number of carbonyl (C=O) groups excluding carboxylic acids is 1. The number of carbonyl (C=O) groups is 1. The Balaban J connectivity index is 1.90. The first-order valence-electron chi connectivity index (χ1n) is 10.1. The largest absolute Gasteiger partial charge is 0.370 e. The lowest BCUT2D eigenvalue weighted by Crippen LogP contribution is -2.14. The standard InChI is InChI=1S/C24H25Cl3N2O2/c1-14(2)11-29-21(13-31-12-17-5-7-18(25)8-6-17)20(10-28-29)24(30)19-9-15(3)22(26)16(4)23(19)27/h5-10,14H,11-13H2,1-4H3. The van der Waals surface area contributed by atoms with Gasteiger partial charge in [0.25, 0.3) is 0 Å². The summed E-state index contributed by atoms with van der Waals surface area (Å²) in [4.78, 5) is 13.4. The van der Waals surface area contributed by atoms with E-state index in [2.05, 4.69) is 18.9 Å². The molecule has 0 aliphatic carbocycles. The summed E-state index contributed by atoms with van der Waals surface area (Å²) in [5.41, 5.74) is 4.14. The third kappa shape index (κ3) is 5.50. The highest BCUT2D eigenvalue weighted by Gasteiger charge is 2.23. The van der Waals surface area contributed by atoms with Crippen LogP contribution in [0.2, 0.25) is 15.1 Å².